The molecule has 204 valence electrons. The number of hydrogen-bond donors (Lipinski definition) is 3. The van der Waals surface area contributed by atoms with E-state index in [1.54, 1.807) is 60.7 Å². The largest absolute Gasteiger partial charge is 0.491 e. The lowest BCUT2D eigenvalue weighted by molar-refractivity contribution is -0.131. The summed E-state index contributed by atoms with van der Waals surface area (Å²) in [5.41, 5.74) is 1.53. The topological polar surface area (TPSA) is 131 Å². The molecule has 1 amide bonds. The molecule has 39 heavy (non-hydrogen) atoms. The van der Waals surface area contributed by atoms with E-state index in [-0.39, 0.29) is 19.0 Å². The summed E-state index contributed by atoms with van der Waals surface area (Å²) in [6, 6.07) is 22.3. The Morgan fingerprint density at radius 3 is 2.33 bits per heavy atom. The number of amides is 1. The highest BCUT2D eigenvalue weighted by molar-refractivity contribution is 5.95. The van der Waals surface area contributed by atoms with Crippen molar-refractivity contribution in [3.63, 3.8) is 0 Å². The molecule has 0 aliphatic rings. The van der Waals surface area contributed by atoms with Crippen LogP contribution in [-0.4, -0.2) is 47.4 Å². The maximum Gasteiger partial charge on any atom is 0.412 e. The van der Waals surface area contributed by atoms with E-state index < -0.39 is 24.3 Å². The van der Waals surface area contributed by atoms with Gasteiger partial charge in [0.15, 0.2) is 11.9 Å². The fraction of sp³-hybridized carbons (Fsp3) is 0.233. The summed E-state index contributed by atoms with van der Waals surface area (Å²) in [6.45, 7) is 1.39. The third-order valence-electron chi connectivity index (χ3n) is 5.57. The van der Waals surface area contributed by atoms with E-state index in [1.165, 1.54) is 13.0 Å². The lowest BCUT2D eigenvalue weighted by Crippen LogP contribution is -2.31. The summed E-state index contributed by atoms with van der Waals surface area (Å²) < 4.78 is 17.7. The average Bonchev–Trinajstić information content (AvgIpc) is 2.93. The number of aliphatic carboxylic acids is 1. The molecular formula is C30H31NO8. The van der Waals surface area contributed by atoms with Gasteiger partial charge in [0.25, 0.3) is 0 Å². The van der Waals surface area contributed by atoms with Crippen molar-refractivity contribution in [2.45, 2.75) is 32.0 Å². The Morgan fingerprint density at radius 2 is 1.67 bits per heavy atom. The number of Topliss-reactive ketones (excluding diaryl/α,β-unsaturated/α-hetero) is 1. The number of rotatable bonds is 14. The van der Waals surface area contributed by atoms with Crippen LogP contribution in [0, 0.1) is 0 Å². The number of ketones is 1. The number of ether oxygens (including phenoxy) is 3. The number of carboxylic acid groups (broad SMARTS) is 1. The second-order valence-electron chi connectivity index (χ2n) is 8.52. The van der Waals surface area contributed by atoms with Crippen LogP contribution in [0.5, 0.6) is 11.5 Å². The number of allylic oxidation sites excluding steroid dienone is 1. The van der Waals surface area contributed by atoms with Gasteiger partial charge < -0.3 is 24.4 Å². The molecule has 9 nitrogen and oxygen atoms in total. The van der Waals surface area contributed by atoms with Gasteiger partial charge in [-0.1, -0.05) is 36.4 Å². The van der Waals surface area contributed by atoms with Crippen molar-refractivity contribution in [1.82, 2.24) is 0 Å². The van der Waals surface area contributed by atoms with Gasteiger partial charge in [0.2, 0.25) is 0 Å². The van der Waals surface area contributed by atoms with Gasteiger partial charge in [-0.05, 0) is 73.9 Å². The van der Waals surface area contributed by atoms with Crippen LogP contribution in [0.4, 0.5) is 10.5 Å². The molecule has 0 aliphatic carbocycles. The molecule has 9 heteroatoms. The number of para-hydroxylation sites is 1. The third-order valence-corrected chi connectivity index (χ3v) is 5.57. The first-order valence-electron chi connectivity index (χ1n) is 12.4. The second kappa shape index (κ2) is 14.9. The van der Waals surface area contributed by atoms with Crippen molar-refractivity contribution < 1.29 is 38.8 Å². The van der Waals surface area contributed by atoms with E-state index >= 15 is 0 Å². The first kappa shape index (κ1) is 28.9. The summed E-state index contributed by atoms with van der Waals surface area (Å²) in [4.78, 5) is 35.5. The molecule has 3 aromatic rings. The summed E-state index contributed by atoms with van der Waals surface area (Å²) >= 11 is 0. The normalized spacial score (nSPS) is 12.4. The first-order chi connectivity index (χ1) is 18.9. The molecule has 3 N–H and O–H groups in total. The van der Waals surface area contributed by atoms with E-state index in [4.69, 9.17) is 24.4 Å². The molecule has 3 aromatic carbocycles. The number of carboxylic acids is 1. The Labute approximate surface area is 226 Å². The van der Waals surface area contributed by atoms with Crippen molar-refractivity contribution in [1.29, 1.82) is 0 Å². The number of hydrogen-bond acceptors (Lipinski definition) is 7. The fourth-order valence-corrected chi connectivity index (χ4v) is 3.74. The van der Waals surface area contributed by atoms with E-state index in [2.05, 4.69) is 5.32 Å². The van der Waals surface area contributed by atoms with Crippen LogP contribution >= 0.6 is 0 Å². The zero-order valence-corrected chi connectivity index (χ0v) is 21.5. The quantitative estimate of drug-likeness (QED) is 0.185. The smallest absolute Gasteiger partial charge is 0.412 e. The average molecular weight is 534 g/mol. The zero-order chi connectivity index (χ0) is 28.0. The minimum atomic E-state index is -1.06. The Morgan fingerprint density at radius 1 is 0.949 bits per heavy atom. The van der Waals surface area contributed by atoms with E-state index in [0.29, 0.717) is 41.2 Å². The van der Waals surface area contributed by atoms with Gasteiger partial charge in [-0.3, -0.25) is 10.1 Å². The van der Waals surface area contributed by atoms with E-state index in [1.807, 2.05) is 18.2 Å². The van der Waals surface area contributed by atoms with Gasteiger partial charge in [0, 0.05) is 17.3 Å². The molecule has 0 saturated carbocycles. The van der Waals surface area contributed by atoms with Crippen LogP contribution in [0.1, 0.15) is 41.8 Å². The summed E-state index contributed by atoms with van der Waals surface area (Å²) in [7, 11) is 0. The second-order valence-corrected chi connectivity index (χ2v) is 8.52. The van der Waals surface area contributed by atoms with Gasteiger partial charge in [0.05, 0.1) is 6.61 Å². The van der Waals surface area contributed by atoms with Crippen LogP contribution in [-0.2, 0) is 9.53 Å². The molecule has 0 aliphatic heterocycles. The molecule has 0 radical (unpaired) electrons. The van der Waals surface area contributed by atoms with Crippen molar-refractivity contribution in [2.24, 2.45) is 0 Å². The molecule has 0 aromatic heterocycles. The monoisotopic (exact) mass is 533 g/mol. The number of anilines is 1. The van der Waals surface area contributed by atoms with Gasteiger partial charge in [0.1, 0.15) is 24.2 Å². The molecule has 0 saturated heterocycles. The van der Waals surface area contributed by atoms with Crippen molar-refractivity contribution in [3.8, 4) is 11.5 Å². The van der Waals surface area contributed by atoms with Gasteiger partial charge in [-0.2, -0.15) is 0 Å². The first-order valence-corrected chi connectivity index (χ1v) is 12.4. The van der Waals surface area contributed by atoms with Crippen LogP contribution in [0.3, 0.4) is 0 Å². The molecular weight excluding hydrogens is 502 g/mol. The zero-order valence-electron chi connectivity index (χ0n) is 21.5. The van der Waals surface area contributed by atoms with Crippen LogP contribution in [0.15, 0.2) is 91.0 Å². The Balaban J connectivity index is 1.90. The summed E-state index contributed by atoms with van der Waals surface area (Å²) in [5.74, 6) is -0.136. The number of benzene rings is 3. The maximum absolute atomic E-state index is 13.0. The predicted octanol–water partition coefficient (Wildman–Crippen LogP) is 5.42. The lowest BCUT2D eigenvalue weighted by atomic mass is 9.99. The SMILES string of the molecule is CC(=O)c1ccc(NC(=O)O[C@H](c2cccc(OCCO)c2)[C@@H](CC/C=C/C(=O)O)Oc2ccccc2)cc1. The minimum Gasteiger partial charge on any atom is -0.491 e. The Hall–Kier alpha value is -4.63. The molecule has 2 atom stereocenters. The number of aliphatic hydroxyl groups is 1. The van der Waals surface area contributed by atoms with Crippen LogP contribution < -0.4 is 14.8 Å². The highest BCUT2D eigenvalue weighted by Crippen LogP contribution is 2.31. The number of aliphatic hydroxyl groups excluding tert-OH is 1. The summed E-state index contributed by atoms with van der Waals surface area (Å²) in [5, 5.41) is 20.8. The van der Waals surface area contributed by atoms with Crippen molar-refractivity contribution in [3.05, 3.63) is 102 Å². The van der Waals surface area contributed by atoms with E-state index in [9.17, 15) is 14.4 Å². The highest BCUT2D eigenvalue weighted by Gasteiger charge is 2.29. The minimum absolute atomic E-state index is 0.0923. The van der Waals surface area contributed by atoms with Gasteiger partial charge >= 0.3 is 12.1 Å². The maximum atomic E-state index is 13.0. The van der Waals surface area contributed by atoms with Gasteiger partial charge in [-0.15, -0.1) is 0 Å². The third kappa shape index (κ3) is 9.64. The predicted molar refractivity (Wildman–Crippen MR) is 145 cm³/mol. The van der Waals surface area contributed by atoms with Crippen LogP contribution in [0.2, 0.25) is 0 Å². The molecule has 0 spiro atoms. The lowest BCUT2D eigenvalue weighted by Gasteiger charge is -2.28. The van der Waals surface area contributed by atoms with Crippen molar-refractivity contribution >= 4 is 23.5 Å². The molecule has 0 bridgehead atoms. The number of carbonyl (C=O) groups is 3. The molecule has 3 rings (SSSR count). The van der Waals surface area contributed by atoms with Gasteiger partial charge in [-0.25, -0.2) is 9.59 Å². The standard InChI is InChI=1S/C30H31NO8/c1-21(33)22-14-16-24(17-15-22)31-30(36)39-29(23-8-7-11-26(20-23)37-19-18-32)27(12-5-6-13-28(34)35)38-25-9-3-2-4-10-25/h2-4,6-11,13-17,20,27,29,32H,5,12,18-19H2,1H3,(H,31,36)(H,34,35)/b13-6+/t27-,29-/m1/s1. The van der Waals surface area contributed by atoms with Crippen molar-refractivity contribution in [2.75, 3.05) is 18.5 Å². The Bertz CT molecular complexity index is 1260. The Kier molecular flexibility index (Phi) is 11.1. The van der Waals surface area contributed by atoms with Crippen LogP contribution in [0.25, 0.3) is 0 Å². The molecule has 0 fully saturated rings. The molecule has 0 heterocycles. The highest BCUT2D eigenvalue weighted by atomic mass is 16.6. The fourth-order valence-electron chi connectivity index (χ4n) is 3.74. The number of carbonyl (C=O) groups excluding carboxylic acids is 2. The van der Waals surface area contributed by atoms with E-state index in [0.717, 1.165) is 6.08 Å². The number of nitrogens with one attached hydrogen (secondary N) is 1. The molecule has 0 unspecified atom stereocenters. The summed E-state index contributed by atoms with van der Waals surface area (Å²) in [6.07, 6.45) is 0.862.